The molecule has 0 saturated carbocycles. The average molecular weight is 246 g/mol. The van der Waals surface area contributed by atoms with Crippen molar-refractivity contribution in [1.29, 1.82) is 0 Å². The van der Waals surface area contributed by atoms with E-state index in [0.29, 0.717) is 11.3 Å². The highest BCUT2D eigenvalue weighted by molar-refractivity contribution is 6.58. The second kappa shape index (κ2) is 5.66. The molecule has 0 saturated heterocycles. The lowest BCUT2D eigenvalue weighted by atomic mass is 9.79. The summed E-state index contributed by atoms with van der Waals surface area (Å²) in [5.41, 5.74) is 0.656. The maximum atomic E-state index is 13.2. The molecule has 0 atom stereocenters. The molecule has 0 spiro atoms. The van der Waals surface area contributed by atoms with Gasteiger partial charge in [-0.2, -0.15) is 0 Å². The SMILES string of the molecule is OB(O)c1cc(F)cc(COc2ccccc2)c1. The monoisotopic (exact) mass is 246 g/mol. The van der Waals surface area contributed by atoms with E-state index in [1.807, 2.05) is 18.2 Å². The smallest absolute Gasteiger partial charge is 0.488 e. The Balaban J connectivity index is 2.10. The first-order valence-corrected chi connectivity index (χ1v) is 5.48. The lowest BCUT2D eigenvalue weighted by Gasteiger charge is -2.08. The van der Waals surface area contributed by atoms with Gasteiger partial charge >= 0.3 is 7.12 Å². The van der Waals surface area contributed by atoms with Crippen molar-refractivity contribution in [3.63, 3.8) is 0 Å². The molecule has 2 aromatic rings. The Kier molecular flexibility index (Phi) is 3.97. The Morgan fingerprint density at radius 2 is 1.78 bits per heavy atom. The zero-order valence-corrected chi connectivity index (χ0v) is 9.58. The van der Waals surface area contributed by atoms with Crippen molar-refractivity contribution in [2.45, 2.75) is 6.61 Å². The van der Waals surface area contributed by atoms with Gasteiger partial charge < -0.3 is 14.8 Å². The Bertz CT molecular complexity index is 517. The molecule has 3 nitrogen and oxygen atoms in total. The summed E-state index contributed by atoms with van der Waals surface area (Å²) < 4.78 is 18.7. The topological polar surface area (TPSA) is 49.7 Å². The van der Waals surface area contributed by atoms with E-state index in [1.54, 1.807) is 12.1 Å². The van der Waals surface area contributed by atoms with Crippen LogP contribution in [-0.2, 0) is 6.61 Å². The zero-order chi connectivity index (χ0) is 13.0. The molecule has 18 heavy (non-hydrogen) atoms. The fraction of sp³-hybridized carbons (Fsp3) is 0.0769. The van der Waals surface area contributed by atoms with E-state index in [2.05, 4.69) is 0 Å². The normalized spacial score (nSPS) is 10.2. The third-order valence-corrected chi connectivity index (χ3v) is 2.43. The van der Waals surface area contributed by atoms with E-state index in [4.69, 9.17) is 14.8 Å². The lowest BCUT2D eigenvalue weighted by molar-refractivity contribution is 0.305. The van der Waals surface area contributed by atoms with E-state index >= 15 is 0 Å². The van der Waals surface area contributed by atoms with Gasteiger partial charge in [0.05, 0.1) is 0 Å². The molecule has 2 rings (SSSR count). The number of halogens is 1. The second-order valence-electron chi connectivity index (χ2n) is 3.87. The largest absolute Gasteiger partial charge is 0.489 e. The summed E-state index contributed by atoms with van der Waals surface area (Å²) in [4.78, 5) is 0. The molecule has 5 heteroatoms. The van der Waals surface area contributed by atoms with Gasteiger partial charge in [0.25, 0.3) is 0 Å². The molecule has 0 aromatic heterocycles. The van der Waals surface area contributed by atoms with Crippen LogP contribution in [0.4, 0.5) is 4.39 Å². The number of ether oxygens (including phenoxy) is 1. The van der Waals surface area contributed by atoms with E-state index < -0.39 is 12.9 Å². The second-order valence-corrected chi connectivity index (χ2v) is 3.87. The van der Waals surface area contributed by atoms with E-state index in [-0.39, 0.29) is 12.1 Å². The highest BCUT2D eigenvalue weighted by atomic mass is 19.1. The Morgan fingerprint density at radius 3 is 2.44 bits per heavy atom. The average Bonchev–Trinajstić information content (AvgIpc) is 2.37. The van der Waals surface area contributed by atoms with Gasteiger partial charge in [0, 0.05) is 0 Å². The summed E-state index contributed by atoms with van der Waals surface area (Å²) >= 11 is 0. The molecule has 0 heterocycles. The van der Waals surface area contributed by atoms with Gasteiger partial charge in [-0.05, 0) is 35.3 Å². The van der Waals surface area contributed by atoms with Crippen molar-refractivity contribution in [2.75, 3.05) is 0 Å². The van der Waals surface area contributed by atoms with Crippen molar-refractivity contribution < 1.29 is 19.2 Å². The predicted octanol–water partition coefficient (Wildman–Crippen LogP) is 1.08. The molecule has 2 N–H and O–H groups in total. The molecular weight excluding hydrogens is 234 g/mol. The van der Waals surface area contributed by atoms with Crippen molar-refractivity contribution in [3.05, 3.63) is 59.9 Å². The fourth-order valence-corrected chi connectivity index (χ4v) is 1.59. The number of para-hydroxylation sites is 1. The van der Waals surface area contributed by atoms with Crippen LogP contribution in [0.2, 0.25) is 0 Å². The van der Waals surface area contributed by atoms with Gasteiger partial charge in [0.15, 0.2) is 0 Å². The van der Waals surface area contributed by atoms with E-state index in [0.717, 1.165) is 6.07 Å². The summed E-state index contributed by atoms with van der Waals surface area (Å²) in [5.74, 6) is 0.153. The van der Waals surface area contributed by atoms with Crippen LogP contribution in [0.3, 0.4) is 0 Å². The number of rotatable bonds is 4. The molecule has 0 aliphatic rings. The quantitative estimate of drug-likeness (QED) is 0.794. The molecule has 0 unspecified atom stereocenters. The summed E-state index contributed by atoms with van der Waals surface area (Å²) in [5, 5.41) is 18.0. The van der Waals surface area contributed by atoms with Crippen LogP contribution in [0.1, 0.15) is 5.56 Å². The van der Waals surface area contributed by atoms with Gasteiger partial charge in [-0.1, -0.05) is 24.3 Å². The summed E-state index contributed by atoms with van der Waals surface area (Å²) in [6.45, 7) is 0.168. The van der Waals surface area contributed by atoms with Crippen molar-refractivity contribution in [1.82, 2.24) is 0 Å². The van der Waals surface area contributed by atoms with Crippen molar-refractivity contribution >= 4 is 12.6 Å². The molecule has 0 amide bonds. The highest BCUT2D eigenvalue weighted by Crippen LogP contribution is 2.11. The van der Waals surface area contributed by atoms with E-state index in [9.17, 15) is 4.39 Å². The zero-order valence-electron chi connectivity index (χ0n) is 9.58. The Hall–Kier alpha value is -1.85. The summed E-state index contributed by atoms with van der Waals surface area (Å²) in [6, 6.07) is 13.0. The van der Waals surface area contributed by atoms with Crippen LogP contribution in [0.15, 0.2) is 48.5 Å². The summed E-state index contributed by atoms with van der Waals surface area (Å²) in [7, 11) is -1.68. The van der Waals surface area contributed by atoms with Crippen LogP contribution in [0.5, 0.6) is 5.75 Å². The maximum absolute atomic E-state index is 13.2. The molecule has 0 bridgehead atoms. The van der Waals surface area contributed by atoms with E-state index in [1.165, 1.54) is 12.1 Å². The van der Waals surface area contributed by atoms with Gasteiger partial charge in [0.1, 0.15) is 18.2 Å². The molecular formula is C13H12BFO3. The highest BCUT2D eigenvalue weighted by Gasteiger charge is 2.13. The molecule has 0 fully saturated rings. The fourth-order valence-electron chi connectivity index (χ4n) is 1.59. The van der Waals surface area contributed by atoms with Crippen LogP contribution in [-0.4, -0.2) is 17.2 Å². The third-order valence-electron chi connectivity index (χ3n) is 2.43. The van der Waals surface area contributed by atoms with Crippen LogP contribution >= 0.6 is 0 Å². The molecule has 2 aromatic carbocycles. The number of benzene rings is 2. The minimum absolute atomic E-state index is 0.113. The minimum Gasteiger partial charge on any atom is -0.489 e. The lowest BCUT2D eigenvalue weighted by Crippen LogP contribution is -2.30. The van der Waals surface area contributed by atoms with Crippen LogP contribution < -0.4 is 10.2 Å². The third kappa shape index (κ3) is 3.32. The van der Waals surface area contributed by atoms with Gasteiger partial charge in [-0.15, -0.1) is 0 Å². The first kappa shape index (κ1) is 12.6. The number of hydrogen-bond donors (Lipinski definition) is 2. The van der Waals surface area contributed by atoms with Crippen molar-refractivity contribution in [2.24, 2.45) is 0 Å². The number of hydrogen-bond acceptors (Lipinski definition) is 3. The van der Waals surface area contributed by atoms with Gasteiger partial charge in [0.2, 0.25) is 0 Å². The van der Waals surface area contributed by atoms with Crippen LogP contribution in [0.25, 0.3) is 0 Å². The molecule has 0 aliphatic heterocycles. The van der Waals surface area contributed by atoms with Crippen molar-refractivity contribution in [3.8, 4) is 5.75 Å². The minimum atomic E-state index is -1.68. The summed E-state index contributed by atoms with van der Waals surface area (Å²) in [6.07, 6.45) is 0. The molecule has 0 aliphatic carbocycles. The standard InChI is InChI=1S/C13H12BFO3/c15-12-7-10(6-11(8-12)14(16)17)9-18-13-4-2-1-3-5-13/h1-8,16-17H,9H2. The first-order valence-electron chi connectivity index (χ1n) is 5.48. The van der Waals surface area contributed by atoms with Crippen LogP contribution in [0, 0.1) is 5.82 Å². The Morgan fingerprint density at radius 1 is 1.06 bits per heavy atom. The molecule has 92 valence electrons. The van der Waals surface area contributed by atoms with Gasteiger partial charge in [-0.3, -0.25) is 0 Å². The predicted molar refractivity (Wildman–Crippen MR) is 67.0 cm³/mol. The maximum Gasteiger partial charge on any atom is 0.488 e. The molecule has 0 radical (unpaired) electrons. The van der Waals surface area contributed by atoms with Gasteiger partial charge in [-0.25, -0.2) is 4.39 Å². The first-order chi connectivity index (χ1) is 8.65. The Labute approximate surface area is 105 Å².